The Morgan fingerprint density at radius 3 is 2.35 bits per heavy atom. The highest BCUT2D eigenvalue weighted by atomic mass is 28.4. The number of hydrogen-bond donors (Lipinski definition) is 0. The Morgan fingerprint density at radius 2 is 1.94 bits per heavy atom. The van der Waals surface area contributed by atoms with E-state index in [1.807, 2.05) is 6.07 Å². The van der Waals surface area contributed by atoms with E-state index in [1.165, 1.54) is 5.56 Å². The number of rotatable bonds is 4. The van der Waals surface area contributed by atoms with Crippen LogP contribution in [0.15, 0.2) is 30.3 Å². The Bertz CT molecular complexity index is 368. The molecule has 17 heavy (non-hydrogen) atoms. The molecule has 1 heterocycles. The fraction of sp³-hybridized carbons (Fsp3) is 0.571. The molecule has 1 aliphatic rings. The summed E-state index contributed by atoms with van der Waals surface area (Å²) in [6, 6.07) is 10.4. The van der Waals surface area contributed by atoms with Gasteiger partial charge in [-0.05, 0) is 31.6 Å². The van der Waals surface area contributed by atoms with E-state index >= 15 is 0 Å². The molecule has 1 aromatic carbocycles. The van der Waals surface area contributed by atoms with Crippen LogP contribution < -0.4 is 0 Å². The minimum atomic E-state index is -1.54. The van der Waals surface area contributed by atoms with Gasteiger partial charge < -0.3 is 9.16 Å². The highest BCUT2D eigenvalue weighted by Gasteiger charge is 2.50. The zero-order valence-corrected chi connectivity index (χ0v) is 12.2. The number of hydrogen-bond acceptors (Lipinski definition) is 2. The quantitative estimate of drug-likeness (QED) is 0.758. The molecule has 2 rings (SSSR count). The Morgan fingerprint density at radius 1 is 1.29 bits per heavy atom. The van der Waals surface area contributed by atoms with E-state index in [0.717, 1.165) is 13.0 Å². The summed E-state index contributed by atoms with van der Waals surface area (Å²) in [6.07, 6.45) is 1.12. The molecule has 2 atom stereocenters. The predicted octanol–water partition coefficient (Wildman–Crippen LogP) is 3.76. The highest BCUT2D eigenvalue weighted by Crippen LogP contribution is 2.45. The van der Waals surface area contributed by atoms with Gasteiger partial charge in [-0.1, -0.05) is 37.3 Å². The van der Waals surface area contributed by atoms with Gasteiger partial charge in [0.15, 0.2) is 8.32 Å². The molecule has 0 bridgehead atoms. The van der Waals surface area contributed by atoms with Crippen LogP contribution in [0.1, 0.15) is 25.0 Å². The molecule has 0 unspecified atom stereocenters. The van der Waals surface area contributed by atoms with Crippen LogP contribution in [0.2, 0.25) is 19.6 Å². The third-order valence-electron chi connectivity index (χ3n) is 3.18. The lowest BCUT2D eigenvalue weighted by Crippen LogP contribution is -2.58. The van der Waals surface area contributed by atoms with Gasteiger partial charge in [0.2, 0.25) is 0 Å². The summed E-state index contributed by atoms with van der Waals surface area (Å²) in [5, 5.41) is 0. The third-order valence-corrected chi connectivity index (χ3v) is 4.20. The zero-order valence-electron chi connectivity index (χ0n) is 11.2. The first-order valence-electron chi connectivity index (χ1n) is 6.33. The molecule has 2 nitrogen and oxygen atoms in total. The fourth-order valence-corrected chi connectivity index (χ4v) is 3.96. The van der Waals surface area contributed by atoms with Crippen molar-refractivity contribution in [3.8, 4) is 0 Å². The van der Waals surface area contributed by atoms with Crippen LogP contribution in [0.4, 0.5) is 0 Å². The molecule has 0 aromatic heterocycles. The maximum atomic E-state index is 6.39. The van der Waals surface area contributed by atoms with Crippen LogP contribution in [0, 0.1) is 0 Å². The van der Waals surface area contributed by atoms with Gasteiger partial charge in [-0.3, -0.25) is 0 Å². The predicted molar refractivity (Wildman–Crippen MR) is 72.6 cm³/mol. The third kappa shape index (κ3) is 2.62. The summed E-state index contributed by atoms with van der Waals surface area (Å²) < 4.78 is 12.2. The molecule has 1 aromatic rings. The van der Waals surface area contributed by atoms with E-state index in [-0.39, 0.29) is 11.7 Å². The molecule has 1 saturated heterocycles. The minimum absolute atomic E-state index is 0.0914. The first-order valence-corrected chi connectivity index (χ1v) is 9.74. The summed E-state index contributed by atoms with van der Waals surface area (Å²) in [5.41, 5.74) is 1.14. The Kier molecular flexibility index (Phi) is 3.43. The maximum Gasteiger partial charge on any atom is 0.184 e. The number of ether oxygens (including phenoxy) is 1. The van der Waals surface area contributed by atoms with Crippen LogP contribution in [-0.4, -0.2) is 20.5 Å². The summed E-state index contributed by atoms with van der Waals surface area (Å²) in [6.45, 7) is 9.65. The Labute approximate surface area is 105 Å². The fourth-order valence-electron chi connectivity index (χ4n) is 2.43. The average molecular weight is 250 g/mol. The molecule has 0 N–H and O–H groups in total. The molecular formula is C14H22O2Si. The first kappa shape index (κ1) is 12.8. The minimum Gasteiger partial charge on any atom is -0.407 e. The molecular weight excluding hydrogens is 228 g/mol. The summed E-state index contributed by atoms with van der Waals surface area (Å²) in [7, 11) is -1.54. The van der Waals surface area contributed by atoms with Gasteiger partial charge >= 0.3 is 0 Å². The van der Waals surface area contributed by atoms with Gasteiger partial charge in [-0.15, -0.1) is 0 Å². The van der Waals surface area contributed by atoms with Crippen molar-refractivity contribution in [3.63, 3.8) is 0 Å². The average Bonchev–Trinajstić information content (AvgIpc) is 2.24. The van der Waals surface area contributed by atoms with Gasteiger partial charge in [0.05, 0.1) is 6.61 Å². The molecule has 1 fully saturated rings. The van der Waals surface area contributed by atoms with E-state index in [1.54, 1.807) is 0 Å². The standard InChI is InChI=1S/C14H22O2Si/c1-5-14(16-17(2,3)4)11-15-13(14)12-9-7-6-8-10-12/h6-10,13H,5,11H2,1-4H3/t13-,14+/m1/s1. The van der Waals surface area contributed by atoms with Gasteiger partial charge in [0, 0.05) is 0 Å². The van der Waals surface area contributed by atoms with Crippen molar-refractivity contribution in [2.45, 2.75) is 44.7 Å². The van der Waals surface area contributed by atoms with Gasteiger partial charge in [-0.2, -0.15) is 0 Å². The lowest BCUT2D eigenvalue weighted by atomic mass is 9.85. The van der Waals surface area contributed by atoms with E-state index in [4.69, 9.17) is 9.16 Å². The van der Waals surface area contributed by atoms with Gasteiger partial charge in [0.1, 0.15) is 11.7 Å². The molecule has 1 aliphatic heterocycles. The SMILES string of the molecule is CC[C@]1(O[Si](C)(C)C)CO[C@@H]1c1ccccc1. The van der Waals surface area contributed by atoms with Crippen molar-refractivity contribution in [2.24, 2.45) is 0 Å². The van der Waals surface area contributed by atoms with Crippen molar-refractivity contribution < 1.29 is 9.16 Å². The molecule has 3 heteroatoms. The van der Waals surface area contributed by atoms with Crippen molar-refractivity contribution in [3.05, 3.63) is 35.9 Å². The van der Waals surface area contributed by atoms with Gasteiger partial charge in [0.25, 0.3) is 0 Å². The Hall–Kier alpha value is -0.643. The highest BCUT2D eigenvalue weighted by molar-refractivity contribution is 6.69. The van der Waals surface area contributed by atoms with Gasteiger partial charge in [-0.25, -0.2) is 0 Å². The van der Waals surface area contributed by atoms with E-state index in [9.17, 15) is 0 Å². The number of benzene rings is 1. The second-order valence-corrected chi connectivity index (χ2v) is 10.2. The van der Waals surface area contributed by atoms with Crippen molar-refractivity contribution in [2.75, 3.05) is 6.61 Å². The van der Waals surface area contributed by atoms with Crippen LogP contribution >= 0.6 is 0 Å². The normalized spacial score (nSPS) is 28.8. The summed E-state index contributed by atoms with van der Waals surface area (Å²) in [5.74, 6) is 0. The van der Waals surface area contributed by atoms with E-state index in [2.05, 4.69) is 50.8 Å². The lowest BCUT2D eigenvalue weighted by Gasteiger charge is -2.51. The molecule has 0 saturated carbocycles. The molecule has 0 radical (unpaired) electrons. The van der Waals surface area contributed by atoms with Crippen LogP contribution in [-0.2, 0) is 9.16 Å². The largest absolute Gasteiger partial charge is 0.407 e. The smallest absolute Gasteiger partial charge is 0.184 e. The second-order valence-electron chi connectivity index (χ2n) is 5.73. The summed E-state index contributed by atoms with van der Waals surface area (Å²) >= 11 is 0. The molecule has 0 aliphatic carbocycles. The van der Waals surface area contributed by atoms with Crippen LogP contribution in [0.3, 0.4) is 0 Å². The second kappa shape index (κ2) is 4.56. The first-order chi connectivity index (χ1) is 7.97. The van der Waals surface area contributed by atoms with Crippen molar-refractivity contribution in [1.82, 2.24) is 0 Å². The molecule has 0 amide bonds. The van der Waals surface area contributed by atoms with Crippen LogP contribution in [0.25, 0.3) is 0 Å². The topological polar surface area (TPSA) is 18.5 Å². The maximum absolute atomic E-state index is 6.39. The molecule has 0 spiro atoms. The van der Waals surface area contributed by atoms with Crippen LogP contribution in [0.5, 0.6) is 0 Å². The van der Waals surface area contributed by atoms with Crippen molar-refractivity contribution >= 4 is 8.32 Å². The van der Waals surface area contributed by atoms with E-state index < -0.39 is 8.32 Å². The Balaban J connectivity index is 2.20. The molecule has 94 valence electrons. The van der Waals surface area contributed by atoms with Crippen molar-refractivity contribution in [1.29, 1.82) is 0 Å². The van der Waals surface area contributed by atoms with E-state index in [0.29, 0.717) is 0 Å². The lowest BCUT2D eigenvalue weighted by molar-refractivity contribution is -0.232. The summed E-state index contributed by atoms with van der Waals surface area (Å²) in [4.78, 5) is 0. The zero-order chi connectivity index (χ0) is 12.5. The monoisotopic (exact) mass is 250 g/mol.